The van der Waals surface area contributed by atoms with Crippen molar-refractivity contribution in [3.05, 3.63) is 103 Å². The molecule has 0 fully saturated rings. The Kier molecular flexibility index (Phi) is 7.11. The van der Waals surface area contributed by atoms with Gasteiger partial charge in [0, 0.05) is 27.7 Å². The Bertz CT molecular complexity index is 1200. The van der Waals surface area contributed by atoms with Gasteiger partial charge in [0.15, 0.2) is 0 Å². The van der Waals surface area contributed by atoms with Crippen molar-refractivity contribution in [1.82, 2.24) is 5.43 Å². The Morgan fingerprint density at radius 3 is 2.61 bits per heavy atom. The summed E-state index contributed by atoms with van der Waals surface area (Å²) in [5.74, 6) is -1.09. The Hall–Kier alpha value is -3.56. The minimum Gasteiger partial charge on any atom is -0.422 e. The molecule has 0 spiro atoms. The molecule has 0 aliphatic heterocycles. The number of amides is 1. The molecular weight excluding hydrogens is 490 g/mol. The van der Waals surface area contributed by atoms with Crippen molar-refractivity contribution in [3.8, 4) is 5.75 Å². The largest absolute Gasteiger partial charge is 0.422 e. The first-order chi connectivity index (χ1) is 14.8. The summed E-state index contributed by atoms with van der Waals surface area (Å²) in [7, 11) is 0. The van der Waals surface area contributed by atoms with Crippen molar-refractivity contribution in [2.45, 2.75) is 0 Å². The Morgan fingerprint density at radius 1 is 1.10 bits per heavy atom. The molecule has 0 atom stereocenters. The molecule has 156 valence electrons. The second kappa shape index (κ2) is 9.96. The molecule has 3 rings (SSSR count). The van der Waals surface area contributed by atoms with Crippen LogP contribution in [-0.2, 0) is 0 Å². The predicted molar refractivity (Wildman–Crippen MR) is 119 cm³/mol. The van der Waals surface area contributed by atoms with Gasteiger partial charge in [-0.3, -0.25) is 14.9 Å². The van der Waals surface area contributed by atoms with Crippen LogP contribution in [0.1, 0.15) is 26.3 Å². The van der Waals surface area contributed by atoms with Crippen LogP contribution in [-0.4, -0.2) is 23.0 Å². The van der Waals surface area contributed by atoms with Gasteiger partial charge in [-0.05, 0) is 36.4 Å². The number of nitro benzene ring substituents is 1. The lowest BCUT2D eigenvalue weighted by Crippen LogP contribution is -2.18. The van der Waals surface area contributed by atoms with E-state index in [1.165, 1.54) is 30.5 Å². The molecule has 1 amide bonds. The highest BCUT2D eigenvalue weighted by atomic mass is 79.9. The van der Waals surface area contributed by atoms with E-state index in [4.69, 9.17) is 16.3 Å². The van der Waals surface area contributed by atoms with Gasteiger partial charge >= 0.3 is 5.97 Å². The first kappa shape index (κ1) is 22.1. The zero-order chi connectivity index (χ0) is 22.4. The topological polar surface area (TPSA) is 111 Å². The van der Waals surface area contributed by atoms with Crippen LogP contribution in [0.2, 0.25) is 5.02 Å². The molecule has 0 aliphatic rings. The maximum atomic E-state index is 12.4. The fourth-order valence-electron chi connectivity index (χ4n) is 2.48. The molecule has 1 N–H and O–H groups in total. The van der Waals surface area contributed by atoms with E-state index in [0.717, 1.165) is 6.07 Å². The van der Waals surface area contributed by atoms with E-state index in [2.05, 4.69) is 26.5 Å². The van der Waals surface area contributed by atoms with Crippen molar-refractivity contribution in [3.63, 3.8) is 0 Å². The van der Waals surface area contributed by atoms with E-state index in [-0.39, 0.29) is 27.6 Å². The van der Waals surface area contributed by atoms with Gasteiger partial charge in [0.05, 0.1) is 21.7 Å². The molecule has 0 bridgehead atoms. The van der Waals surface area contributed by atoms with Crippen LogP contribution in [0.4, 0.5) is 5.69 Å². The summed E-state index contributed by atoms with van der Waals surface area (Å²) in [5, 5.41) is 15.0. The Morgan fingerprint density at radius 2 is 1.87 bits per heavy atom. The molecule has 31 heavy (non-hydrogen) atoms. The van der Waals surface area contributed by atoms with Crippen LogP contribution in [0.5, 0.6) is 5.75 Å². The Labute approximate surface area is 189 Å². The molecule has 0 aliphatic carbocycles. The molecule has 0 saturated heterocycles. The molecule has 10 heteroatoms. The van der Waals surface area contributed by atoms with E-state index in [1.54, 1.807) is 36.4 Å². The second-order valence-electron chi connectivity index (χ2n) is 6.06. The SMILES string of the molecule is O=C(N/N=C\c1cc(Br)ccc1OC(=O)c1ccccc1Cl)c1cccc([N+](=O)[O-])c1. The van der Waals surface area contributed by atoms with Crippen LogP contribution < -0.4 is 10.2 Å². The molecule has 3 aromatic rings. The van der Waals surface area contributed by atoms with Crippen LogP contribution in [0.25, 0.3) is 0 Å². The molecule has 3 aromatic carbocycles. The molecule has 8 nitrogen and oxygen atoms in total. The van der Waals surface area contributed by atoms with E-state index in [9.17, 15) is 19.7 Å². The van der Waals surface area contributed by atoms with Crippen molar-refractivity contribution in [1.29, 1.82) is 0 Å². The number of hydrogen-bond acceptors (Lipinski definition) is 6. The summed E-state index contributed by atoms with van der Waals surface area (Å²) in [6.45, 7) is 0. The molecule has 0 heterocycles. The summed E-state index contributed by atoms with van der Waals surface area (Å²) in [6, 6.07) is 16.6. The van der Waals surface area contributed by atoms with Crippen LogP contribution in [0, 0.1) is 10.1 Å². The normalized spacial score (nSPS) is 10.6. The number of carbonyl (C=O) groups excluding carboxylic acids is 2. The molecule has 0 aromatic heterocycles. The quantitative estimate of drug-likeness (QED) is 0.168. The summed E-state index contributed by atoms with van der Waals surface area (Å²) in [5.41, 5.74) is 2.75. The summed E-state index contributed by atoms with van der Waals surface area (Å²) >= 11 is 9.36. The predicted octanol–water partition coefficient (Wildman–Crippen LogP) is 4.99. The van der Waals surface area contributed by atoms with Gasteiger partial charge in [0.1, 0.15) is 5.75 Å². The van der Waals surface area contributed by atoms with Crippen molar-refractivity contribution >= 4 is 51.3 Å². The highest BCUT2D eigenvalue weighted by Gasteiger charge is 2.15. The number of nitro groups is 1. The number of rotatable bonds is 6. The van der Waals surface area contributed by atoms with Crippen molar-refractivity contribution in [2.24, 2.45) is 5.10 Å². The maximum absolute atomic E-state index is 12.4. The number of hydrazone groups is 1. The number of carbonyl (C=O) groups is 2. The van der Waals surface area contributed by atoms with Crippen LogP contribution in [0.3, 0.4) is 0 Å². The number of benzene rings is 3. The zero-order valence-electron chi connectivity index (χ0n) is 15.6. The Balaban J connectivity index is 1.76. The molecule has 0 unspecified atom stereocenters. The molecule has 0 saturated carbocycles. The van der Waals surface area contributed by atoms with E-state index < -0.39 is 16.8 Å². The summed E-state index contributed by atoms with van der Waals surface area (Å²) in [6.07, 6.45) is 1.29. The molecular formula is C21H13BrClN3O5. The fraction of sp³-hybridized carbons (Fsp3) is 0. The van der Waals surface area contributed by atoms with Crippen LogP contribution >= 0.6 is 27.5 Å². The zero-order valence-corrected chi connectivity index (χ0v) is 18.0. The lowest BCUT2D eigenvalue weighted by Gasteiger charge is -2.09. The monoisotopic (exact) mass is 501 g/mol. The smallest absolute Gasteiger partial charge is 0.345 e. The number of non-ortho nitro benzene ring substituents is 1. The summed E-state index contributed by atoms with van der Waals surface area (Å²) in [4.78, 5) is 34.9. The van der Waals surface area contributed by atoms with Gasteiger partial charge in [0.25, 0.3) is 11.6 Å². The maximum Gasteiger partial charge on any atom is 0.345 e. The van der Waals surface area contributed by atoms with Crippen LogP contribution in [0.15, 0.2) is 76.3 Å². The fourth-order valence-corrected chi connectivity index (χ4v) is 3.07. The van der Waals surface area contributed by atoms with Gasteiger partial charge in [-0.25, -0.2) is 10.2 Å². The minimum absolute atomic E-state index is 0.0750. The average Bonchev–Trinajstić information content (AvgIpc) is 2.75. The van der Waals surface area contributed by atoms with E-state index in [1.807, 2.05) is 0 Å². The van der Waals surface area contributed by atoms with Gasteiger partial charge < -0.3 is 4.74 Å². The van der Waals surface area contributed by atoms with Gasteiger partial charge in [-0.2, -0.15) is 5.10 Å². The second-order valence-corrected chi connectivity index (χ2v) is 7.38. The number of halogens is 2. The van der Waals surface area contributed by atoms with Gasteiger partial charge in [0.2, 0.25) is 0 Å². The van der Waals surface area contributed by atoms with Gasteiger partial charge in [-0.15, -0.1) is 0 Å². The number of ether oxygens (including phenoxy) is 1. The third-order valence-corrected chi connectivity index (χ3v) is 4.78. The lowest BCUT2D eigenvalue weighted by atomic mass is 10.2. The third kappa shape index (κ3) is 5.74. The number of esters is 1. The van der Waals surface area contributed by atoms with E-state index >= 15 is 0 Å². The third-order valence-electron chi connectivity index (χ3n) is 3.96. The lowest BCUT2D eigenvalue weighted by molar-refractivity contribution is -0.384. The standard InChI is InChI=1S/C21H13BrClN3O5/c22-15-8-9-19(31-21(28)17-6-1-2-7-18(17)23)14(10-15)12-24-25-20(27)13-4-3-5-16(11-13)26(29)30/h1-12H,(H,25,27)/b24-12-. The van der Waals surface area contributed by atoms with E-state index in [0.29, 0.717) is 10.0 Å². The average molecular weight is 503 g/mol. The first-order valence-corrected chi connectivity index (χ1v) is 9.86. The first-order valence-electron chi connectivity index (χ1n) is 8.69. The minimum atomic E-state index is -0.650. The highest BCUT2D eigenvalue weighted by Crippen LogP contribution is 2.24. The van der Waals surface area contributed by atoms with Crippen molar-refractivity contribution in [2.75, 3.05) is 0 Å². The van der Waals surface area contributed by atoms with Crippen molar-refractivity contribution < 1.29 is 19.2 Å². The number of hydrogen-bond donors (Lipinski definition) is 1. The highest BCUT2D eigenvalue weighted by molar-refractivity contribution is 9.10. The van der Waals surface area contributed by atoms with Gasteiger partial charge in [-0.1, -0.05) is 45.7 Å². The number of nitrogens with zero attached hydrogens (tertiary/aromatic N) is 2. The molecule has 0 radical (unpaired) electrons. The number of nitrogens with one attached hydrogen (secondary N) is 1. The summed E-state index contributed by atoms with van der Waals surface area (Å²) < 4.78 is 6.12.